The van der Waals surface area contributed by atoms with E-state index < -0.39 is 11.9 Å². The highest BCUT2D eigenvalue weighted by molar-refractivity contribution is 5.93. The van der Waals surface area contributed by atoms with E-state index in [0.717, 1.165) is 0 Å². The number of pyridine rings is 1. The fourth-order valence-corrected chi connectivity index (χ4v) is 2.81. The van der Waals surface area contributed by atoms with E-state index in [1.165, 1.54) is 0 Å². The van der Waals surface area contributed by atoms with E-state index in [0.29, 0.717) is 24.4 Å². The number of likely N-dealkylation sites (tertiary alicyclic amines) is 1. The molecule has 2 aromatic heterocycles. The summed E-state index contributed by atoms with van der Waals surface area (Å²) in [6.07, 6.45) is 4.67. The third-order valence-corrected chi connectivity index (χ3v) is 4.18. The van der Waals surface area contributed by atoms with Crippen molar-refractivity contribution >= 4 is 11.9 Å². The summed E-state index contributed by atoms with van der Waals surface area (Å²) >= 11 is 0. The van der Waals surface area contributed by atoms with E-state index >= 15 is 0 Å². The van der Waals surface area contributed by atoms with Crippen molar-refractivity contribution in [1.29, 1.82) is 0 Å². The molecule has 7 nitrogen and oxygen atoms in total. The third kappa shape index (κ3) is 3.08. The van der Waals surface area contributed by atoms with Gasteiger partial charge in [0.15, 0.2) is 5.82 Å². The summed E-state index contributed by atoms with van der Waals surface area (Å²) in [6.45, 7) is 2.16. The van der Waals surface area contributed by atoms with Crippen LogP contribution in [-0.2, 0) is 4.79 Å². The Morgan fingerprint density at radius 3 is 2.78 bits per heavy atom. The van der Waals surface area contributed by atoms with Gasteiger partial charge in [-0.3, -0.25) is 9.59 Å². The maximum atomic E-state index is 12.7. The highest BCUT2D eigenvalue weighted by Crippen LogP contribution is 2.23. The summed E-state index contributed by atoms with van der Waals surface area (Å²) in [7, 11) is 0. The smallest absolute Gasteiger partial charge is 0.308 e. The van der Waals surface area contributed by atoms with Gasteiger partial charge in [-0.25, -0.2) is 9.67 Å². The highest BCUT2D eigenvalue weighted by Gasteiger charge is 2.33. The second-order valence-corrected chi connectivity index (χ2v) is 5.75. The van der Waals surface area contributed by atoms with E-state index in [2.05, 4.69) is 10.1 Å². The number of carbonyl (C=O) groups excluding carboxylic acids is 1. The van der Waals surface area contributed by atoms with Crippen LogP contribution in [0.4, 0.5) is 0 Å². The predicted molar refractivity (Wildman–Crippen MR) is 82.2 cm³/mol. The number of piperidine rings is 1. The lowest BCUT2D eigenvalue weighted by Gasteiger charge is -2.36. The Bertz CT molecular complexity index is 714. The second-order valence-electron chi connectivity index (χ2n) is 5.75. The molecule has 1 fully saturated rings. The number of hydrogen-bond donors (Lipinski definition) is 1. The van der Waals surface area contributed by atoms with Gasteiger partial charge in [0.1, 0.15) is 5.69 Å². The molecule has 1 saturated heterocycles. The van der Waals surface area contributed by atoms with Crippen molar-refractivity contribution in [2.75, 3.05) is 6.54 Å². The molecule has 0 aliphatic carbocycles. The van der Waals surface area contributed by atoms with E-state index in [9.17, 15) is 14.7 Å². The van der Waals surface area contributed by atoms with Crippen LogP contribution in [0.5, 0.6) is 0 Å². The van der Waals surface area contributed by atoms with Gasteiger partial charge in [0.2, 0.25) is 0 Å². The van der Waals surface area contributed by atoms with Crippen molar-refractivity contribution in [2.24, 2.45) is 5.92 Å². The van der Waals surface area contributed by atoms with Gasteiger partial charge in [-0.15, -0.1) is 0 Å². The van der Waals surface area contributed by atoms with Crippen molar-refractivity contribution in [3.63, 3.8) is 0 Å². The Labute approximate surface area is 133 Å². The number of aromatic nitrogens is 3. The fraction of sp³-hybridized carbons (Fsp3) is 0.375. The number of rotatable bonds is 3. The van der Waals surface area contributed by atoms with Crippen LogP contribution < -0.4 is 0 Å². The molecule has 0 radical (unpaired) electrons. The predicted octanol–water partition coefficient (Wildman–Crippen LogP) is 1.59. The fourth-order valence-electron chi connectivity index (χ4n) is 2.81. The normalized spacial score (nSPS) is 21.2. The molecule has 0 bridgehead atoms. The molecule has 3 rings (SSSR count). The molecule has 0 aromatic carbocycles. The summed E-state index contributed by atoms with van der Waals surface area (Å²) in [5, 5.41) is 13.3. The lowest BCUT2D eigenvalue weighted by molar-refractivity contribution is -0.143. The lowest BCUT2D eigenvalue weighted by Crippen LogP contribution is -2.47. The molecule has 2 aromatic rings. The van der Waals surface area contributed by atoms with Crippen LogP contribution in [0.2, 0.25) is 0 Å². The van der Waals surface area contributed by atoms with Gasteiger partial charge in [0.05, 0.1) is 5.92 Å². The maximum Gasteiger partial charge on any atom is 0.308 e. The summed E-state index contributed by atoms with van der Waals surface area (Å²) in [5.41, 5.74) is 0.302. The number of amides is 1. The minimum atomic E-state index is -0.854. The molecular weight excluding hydrogens is 296 g/mol. The number of carboxylic acids is 1. The topological polar surface area (TPSA) is 88.3 Å². The Morgan fingerprint density at radius 2 is 2.09 bits per heavy atom. The summed E-state index contributed by atoms with van der Waals surface area (Å²) < 4.78 is 1.58. The number of carbonyl (C=O) groups is 2. The molecular formula is C16H18N4O3. The van der Waals surface area contributed by atoms with Crippen molar-refractivity contribution in [3.8, 4) is 5.82 Å². The first-order valence-electron chi connectivity index (χ1n) is 7.57. The second kappa shape index (κ2) is 6.20. The summed E-state index contributed by atoms with van der Waals surface area (Å²) in [6, 6.07) is 6.95. The number of aliphatic carboxylic acids is 1. The van der Waals surface area contributed by atoms with Crippen molar-refractivity contribution in [1.82, 2.24) is 19.7 Å². The van der Waals surface area contributed by atoms with Gasteiger partial charge < -0.3 is 10.0 Å². The minimum Gasteiger partial charge on any atom is -0.481 e. The third-order valence-electron chi connectivity index (χ3n) is 4.18. The molecule has 1 aliphatic rings. The molecule has 3 heterocycles. The van der Waals surface area contributed by atoms with Gasteiger partial charge in [0.25, 0.3) is 5.91 Å². The summed E-state index contributed by atoms with van der Waals surface area (Å²) in [5.74, 6) is -1.05. The summed E-state index contributed by atoms with van der Waals surface area (Å²) in [4.78, 5) is 29.9. The zero-order chi connectivity index (χ0) is 16.4. The molecule has 0 spiro atoms. The number of carboxylic acid groups (broad SMARTS) is 1. The monoisotopic (exact) mass is 314 g/mol. The van der Waals surface area contributed by atoms with Crippen molar-refractivity contribution < 1.29 is 14.7 Å². The highest BCUT2D eigenvalue weighted by atomic mass is 16.4. The average Bonchev–Trinajstić information content (AvgIpc) is 3.09. The Balaban J connectivity index is 1.84. The van der Waals surface area contributed by atoms with E-state index in [4.69, 9.17) is 0 Å². The van der Waals surface area contributed by atoms with Gasteiger partial charge in [-0.05, 0) is 38.0 Å². The van der Waals surface area contributed by atoms with Crippen LogP contribution in [0.1, 0.15) is 30.3 Å². The molecule has 23 heavy (non-hydrogen) atoms. The van der Waals surface area contributed by atoms with Crippen LogP contribution in [-0.4, -0.2) is 49.2 Å². The molecule has 1 N–H and O–H groups in total. The standard InChI is InChI=1S/C16H18N4O3/c1-11-6-7-12(16(22)23)10-19(11)15(21)13-4-2-5-14(18-13)20-9-3-8-17-20/h2-5,8-9,11-12H,6-7,10H2,1H3,(H,22,23). The van der Waals surface area contributed by atoms with Gasteiger partial charge >= 0.3 is 5.97 Å². The minimum absolute atomic E-state index is 0.00765. The Kier molecular flexibility index (Phi) is 4.10. The van der Waals surface area contributed by atoms with Gasteiger partial charge in [0, 0.05) is 25.0 Å². The molecule has 1 aliphatic heterocycles. The van der Waals surface area contributed by atoms with Crippen LogP contribution >= 0.6 is 0 Å². The van der Waals surface area contributed by atoms with E-state index in [-0.39, 0.29) is 18.5 Å². The SMILES string of the molecule is CC1CCC(C(=O)O)CN1C(=O)c1cccc(-n2cccn2)n1. The molecule has 120 valence electrons. The van der Waals surface area contributed by atoms with Crippen LogP contribution in [0, 0.1) is 5.92 Å². The average molecular weight is 314 g/mol. The van der Waals surface area contributed by atoms with Crippen molar-refractivity contribution in [2.45, 2.75) is 25.8 Å². The number of hydrogen-bond acceptors (Lipinski definition) is 4. The zero-order valence-electron chi connectivity index (χ0n) is 12.8. The Hall–Kier alpha value is -2.70. The first-order valence-corrected chi connectivity index (χ1v) is 7.57. The zero-order valence-corrected chi connectivity index (χ0v) is 12.8. The molecule has 2 atom stereocenters. The largest absolute Gasteiger partial charge is 0.481 e. The molecule has 2 unspecified atom stereocenters. The van der Waals surface area contributed by atoms with Crippen LogP contribution in [0.15, 0.2) is 36.7 Å². The van der Waals surface area contributed by atoms with Gasteiger partial charge in [-0.1, -0.05) is 6.07 Å². The van der Waals surface area contributed by atoms with Crippen LogP contribution in [0.3, 0.4) is 0 Å². The maximum absolute atomic E-state index is 12.7. The van der Waals surface area contributed by atoms with Gasteiger partial charge in [-0.2, -0.15) is 5.10 Å². The first-order chi connectivity index (χ1) is 11.1. The molecule has 0 saturated carbocycles. The number of nitrogens with zero attached hydrogens (tertiary/aromatic N) is 4. The molecule has 1 amide bonds. The quantitative estimate of drug-likeness (QED) is 0.929. The van der Waals surface area contributed by atoms with Crippen LogP contribution in [0.25, 0.3) is 5.82 Å². The van der Waals surface area contributed by atoms with Crippen molar-refractivity contribution in [3.05, 3.63) is 42.4 Å². The van der Waals surface area contributed by atoms with E-state index in [1.807, 2.05) is 6.92 Å². The van der Waals surface area contributed by atoms with E-state index in [1.54, 1.807) is 46.2 Å². The Morgan fingerprint density at radius 1 is 1.26 bits per heavy atom. The lowest BCUT2D eigenvalue weighted by atomic mass is 9.93. The molecule has 7 heteroatoms. The first kappa shape index (κ1) is 15.2.